The summed E-state index contributed by atoms with van der Waals surface area (Å²) in [5.41, 5.74) is 4.61. The number of hydrogen-bond acceptors (Lipinski definition) is 15. The van der Waals surface area contributed by atoms with Crippen LogP contribution in [0.5, 0.6) is 40.2 Å². The van der Waals surface area contributed by atoms with Crippen LogP contribution in [-0.2, 0) is 32.7 Å². The molecular weight excluding hydrogens is 901 g/mol. The van der Waals surface area contributed by atoms with Gasteiger partial charge in [0.1, 0.15) is 31.6 Å². The molecule has 11 rings (SSSR count). The number of likely N-dealkylation sites (N-methyl/N-ethyl adjacent to an activating group) is 1. The molecule has 1 spiro atoms. The number of piperazine rings is 1. The molecule has 7 aliphatic heterocycles. The van der Waals surface area contributed by atoms with Gasteiger partial charge in [-0.2, -0.15) is 5.26 Å². The molecule has 0 saturated carbocycles. The number of nitrogens with zero attached hydrogens (tertiary/aromatic N) is 4. The number of fused-ring (bicyclic) bond motifs is 9. The van der Waals surface area contributed by atoms with Crippen molar-refractivity contribution in [3.63, 3.8) is 0 Å². The number of ether oxygens (including phenoxy) is 8. The first-order valence-electron chi connectivity index (χ1n) is 23.0. The second-order valence-corrected chi connectivity index (χ2v) is 19.2. The lowest BCUT2D eigenvalue weighted by molar-refractivity contribution is -0.162. The molecule has 7 heterocycles. The third-order valence-corrected chi connectivity index (χ3v) is 16.0. The van der Waals surface area contributed by atoms with Crippen molar-refractivity contribution in [3.8, 4) is 46.3 Å². The Bertz CT molecular complexity index is 2850. The molecule has 0 radical (unpaired) electrons. The van der Waals surface area contributed by atoms with Gasteiger partial charge in [0.15, 0.2) is 40.0 Å². The zero-order valence-electron chi connectivity index (χ0n) is 39.5. The molecule has 15 nitrogen and oxygen atoms in total. The Morgan fingerprint density at radius 1 is 0.928 bits per heavy atom. The van der Waals surface area contributed by atoms with Crippen molar-refractivity contribution in [3.05, 3.63) is 124 Å². The second-order valence-electron chi connectivity index (χ2n) is 18.1. The lowest BCUT2D eigenvalue weighted by Gasteiger charge is -2.62. The predicted octanol–water partition coefficient (Wildman–Crippen LogP) is 7.26. The molecule has 7 aliphatic rings. The molecule has 2 saturated heterocycles. The van der Waals surface area contributed by atoms with Crippen LogP contribution in [0, 0.1) is 25.2 Å². The number of amides is 1. The zero-order chi connectivity index (χ0) is 48.5. The van der Waals surface area contributed by atoms with Gasteiger partial charge in [-0.15, -0.1) is 11.8 Å². The van der Waals surface area contributed by atoms with Gasteiger partial charge in [0.05, 0.1) is 37.6 Å². The summed E-state index contributed by atoms with van der Waals surface area (Å²) in [5.74, 6) is 1.55. The number of esters is 2. The number of nitriles is 1. The van der Waals surface area contributed by atoms with Crippen molar-refractivity contribution in [2.75, 3.05) is 60.2 Å². The highest BCUT2D eigenvalue weighted by Gasteiger charge is 2.63. The van der Waals surface area contributed by atoms with Crippen molar-refractivity contribution < 1.29 is 52.3 Å². The SMILES string of the molecule is C=CCOc1cc2c(cc1OC)[C@@]1(CS[C@@H]3c4c(OC(C)=O)c(C)c5c(c4[C@@H](COC1=O)N1[C@@H]3[C@H]3c4c(cc(C)c(OC)c4OCC=C)C[C@@H]([C@@H]1C#N)N3C)OCO5)N(C(=O)c1ccccc1)CC2. The number of carbonyl (C=O) groups is 3. The van der Waals surface area contributed by atoms with E-state index in [9.17, 15) is 10.1 Å². The van der Waals surface area contributed by atoms with Gasteiger partial charge in [0.25, 0.3) is 5.91 Å². The first kappa shape index (κ1) is 46.1. The molecule has 2 fully saturated rings. The van der Waals surface area contributed by atoms with Gasteiger partial charge in [0.2, 0.25) is 6.79 Å². The van der Waals surface area contributed by atoms with Crippen LogP contribution in [0.1, 0.15) is 79.1 Å². The number of hydrogen-bond donors (Lipinski definition) is 0. The molecule has 0 aromatic heterocycles. The van der Waals surface area contributed by atoms with E-state index in [1.165, 1.54) is 25.8 Å². The van der Waals surface area contributed by atoms with Gasteiger partial charge in [0, 0.05) is 59.1 Å². The van der Waals surface area contributed by atoms with Crippen LogP contribution in [0.25, 0.3) is 0 Å². The number of rotatable bonds is 10. The van der Waals surface area contributed by atoms with E-state index in [2.05, 4.69) is 35.1 Å². The van der Waals surface area contributed by atoms with E-state index in [-0.39, 0.29) is 50.9 Å². The Morgan fingerprint density at radius 3 is 2.39 bits per heavy atom. The molecule has 4 bridgehead atoms. The monoisotopic (exact) mass is 954 g/mol. The van der Waals surface area contributed by atoms with Crippen LogP contribution >= 0.6 is 11.8 Å². The molecule has 0 aliphatic carbocycles. The summed E-state index contributed by atoms with van der Waals surface area (Å²) in [5, 5.41) is 10.8. The summed E-state index contributed by atoms with van der Waals surface area (Å²) in [7, 11) is 5.19. The van der Waals surface area contributed by atoms with Crippen molar-refractivity contribution in [2.45, 2.75) is 74.6 Å². The van der Waals surface area contributed by atoms with Gasteiger partial charge in [-0.3, -0.25) is 19.4 Å². The summed E-state index contributed by atoms with van der Waals surface area (Å²) in [4.78, 5) is 50.5. The number of carbonyl (C=O) groups excluding carboxylic acids is 3. The van der Waals surface area contributed by atoms with Crippen LogP contribution < -0.4 is 33.2 Å². The van der Waals surface area contributed by atoms with E-state index >= 15 is 9.59 Å². The minimum atomic E-state index is -1.74. The van der Waals surface area contributed by atoms with E-state index in [0.29, 0.717) is 80.9 Å². The van der Waals surface area contributed by atoms with Gasteiger partial charge in [-0.1, -0.05) is 49.6 Å². The predicted molar refractivity (Wildman–Crippen MR) is 256 cm³/mol. The smallest absolute Gasteiger partial charge is 0.337 e. The maximum Gasteiger partial charge on any atom is 0.337 e. The maximum absolute atomic E-state index is 15.9. The van der Waals surface area contributed by atoms with Gasteiger partial charge in [-0.05, 0) is 80.3 Å². The normalized spacial score (nSPS) is 25.2. The second kappa shape index (κ2) is 18.0. The highest BCUT2D eigenvalue weighted by atomic mass is 32.2. The summed E-state index contributed by atoms with van der Waals surface area (Å²) >= 11 is 1.44. The van der Waals surface area contributed by atoms with Crippen LogP contribution in [0.3, 0.4) is 0 Å². The Kier molecular flexibility index (Phi) is 12.0. The molecule has 358 valence electrons. The topological polar surface area (TPSA) is 159 Å². The number of thioether (sulfide) groups is 1. The summed E-state index contributed by atoms with van der Waals surface area (Å²) in [6.07, 6.45) is 4.24. The Hall–Kier alpha value is -6.67. The van der Waals surface area contributed by atoms with E-state index in [4.69, 9.17) is 37.9 Å². The average molecular weight is 955 g/mol. The molecule has 4 aromatic rings. The highest BCUT2D eigenvalue weighted by Crippen LogP contribution is 2.65. The maximum atomic E-state index is 15.9. The van der Waals surface area contributed by atoms with Gasteiger partial charge in [-0.25, -0.2) is 4.79 Å². The average Bonchev–Trinajstić information content (AvgIpc) is 3.85. The van der Waals surface area contributed by atoms with E-state index < -0.39 is 46.9 Å². The first-order chi connectivity index (χ1) is 33.4. The van der Waals surface area contributed by atoms with E-state index in [0.717, 1.165) is 22.3 Å². The molecule has 16 heteroatoms. The van der Waals surface area contributed by atoms with Gasteiger partial charge < -0.3 is 42.8 Å². The lowest BCUT2D eigenvalue weighted by atomic mass is 9.71. The summed E-state index contributed by atoms with van der Waals surface area (Å²) < 4.78 is 50.3. The molecule has 7 atom stereocenters. The fourth-order valence-electron chi connectivity index (χ4n) is 11.8. The van der Waals surface area contributed by atoms with E-state index in [1.54, 1.807) is 54.5 Å². The minimum absolute atomic E-state index is 0.0412. The van der Waals surface area contributed by atoms with Crippen molar-refractivity contribution >= 4 is 29.6 Å². The van der Waals surface area contributed by atoms with Crippen molar-refractivity contribution in [1.82, 2.24) is 14.7 Å². The number of methoxy groups -OCH3 is 2. The third-order valence-electron chi connectivity index (χ3n) is 14.6. The van der Waals surface area contributed by atoms with Crippen molar-refractivity contribution in [2.24, 2.45) is 0 Å². The van der Waals surface area contributed by atoms with Crippen LogP contribution in [0.4, 0.5) is 0 Å². The standard InChI is InChI=1S/C53H54N4O11S/c1-9-18-63-39-22-32-16-17-56(51(59)31-14-12-11-13-15-31)53(34(32)23-38(39)61-7)26-69-50-42-41(49-47(66-27-67-49)29(4)46(42)68-30(5)58)37(25-65-52(53)60)57-36(24-54)35-21-33-20-28(3)45(62-8)48(64-19-10-2)40(33)43(44(50)57)55(35)6/h9-15,20,22-23,35-37,43-44,50H,1-2,16-19,21,25-27H2,3-8H3/t35-,36-,37+,43+,44+,50+,53+/m0/s1. The summed E-state index contributed by atoms with van der Waals surface area (Å²) in [6.45, 7) is 13.2. The highest BCUT2D eigenvalue weighted by molar-refractivity contribution is 7.99. The molecule has 69 heavy (non-hydrogen) atoms. The van der Waals surface area contributed by atoms with Crippen LogP contribution in [0.15, 0.2) is 73.8 Å². The largest absolute Gasteiger partial charge is 0.493 e. The number of aryl methyl sites for hydroxylation is 1. The number of benzene rings is 4. The Balaban J connectivity index is 1.27. The minimum Gasteiger partial charge on any atom is -0.493 e. The van der Waals surface area contributed by atoms with Crippen molar-refractivity contribution in [1.29, 1.82) is 5.26 Å². The van der Waals surface area contributed by atoms with Crippen LogP contribution in [-0.4, -0.2) is 111 Å². The molecule has 1 amide bonds. The Labute approximate surface area is 405 Å². The molecule has 4 aromatic carbocycles. The lowest BCUT2D eigenvalue weighted by Crippen LogP contribution is -2.69. The first-order valence-corrected chi connectivity index (χ1v) is 24.1. The summed E-state index contributed by atoms with van der Waals surface area (Å²) in [6, 6.07) is 14.4. The van der Waals surface area contributed by atoms with Crippen LogP contribution in [0.2, 0.25) is 0 Å². The quantitative estimate of drug-likeness (QED) is 0.0888. The van der Waals surface area contributed by atoms with Gasteiger partial charge >= 0.3 is 11.9 Å². The third kappa shape index (κ3) is 7.02. The Morgan fingerprint density at radius 2 is 1.68 bits per heavy atom. The fraction of sp³-hybridized carbons (Fsp3) is 0.396. The van der Waals surface area contributed by atoms with E-state index in [1.807, 2.05) is 33.0 Å². The zero-order valence-corrected chi connectivity index (χ0v) is 40.3. The fourth-order valence-corrected chi connectivity index (χ4v) is 13.6. The molecule has 0 unspecified atom stereocenters. The molecule has 0 N–H and O–H groups in total. The molecular formula is C53H54N4O11S.